The summed E-state index contributed by atoms with van der Waals surface area (Å²) in [4.78, 5) is 49.1. The van der Waals surface area contributed by atoms with Gasteiger partial charge in [-0.2, -0.15) is 22.7 Å². The monoisotopic (exact) mass is 693 g/mol. The summed E-state index contributed by atoms with van der Waals surface area (Å²) in [6.07, 6.45) is -2.35. The van der Waals surface area contributed by atoms with E-state index in [9.17, 15) is 27.6 Å². The molecule has 0 unspecified atom stereocenters. The van der Waals surface area contributed by atoms with Crippen LogP contribution in [0.15, 0.2) is 29.1 Å². The first kappa shape index (κ1) is 35.2. The maximum atomic E-state index is 14.3. The number of aromatic nitrogens is 4. The molecule has 0 bridgehead atoms. The molecule has 2 aromatic heterocycles. The molecule has 0 radical (unpaired) electrons. The minimum Gasteiger partial charge on any atom is -0.444 e. The summed E-state index contributed by atoms with van der Waals surface area (Å²) in [5.74, 6) is -0.149. The van der Waals surface area contributed by atoms with Crippen LogP contribution in [-0.2, 0) is 33.4 Å². The van der Waals surface area contributed by atoms with Gasteiger partial charge in [0.05, 0.1) is 41.2 Å². The first-order chi connectivity index (χ1) is 22.5. The number of fused-ring (bicyclic) bond motifs is 1. The number of carbonyl (C=O) groups is 2. The molecule has 5 rings (SSSR count). The predicted molar refractivity (Wildman–Crippen MR) is 174 cm³/mol. The standard InChI is InChI=1S/C32H39ClF3N7O5/c1-7-24-26(40-12-13-41(19(3)18(40)2)30(46)48-31(4,5)6)28(45)43-29(38-27(39-43)20-10-14-47-15-11-20)42(24)17-25(44)37-23-9-8-21(16-22(23)33)32(34,35)36/h8-10,16,18-19H,7,11-15,17H2,1-6H3,(H,37,44)/t18-,19-/m0/s1. The number of rotatable bonds is 6. The van der Waals surface area contributed by atoms with Crippen molar-refractivity contribution in [2.45, 2.75) is 84.8 Å². The normalized spacial score (nSPS) is 19.0. The Morgan fingerprint density at radius 3 is 2.48 bits per heavy atom. The number of alkyl halides is 3. The highest BCUT2D eigenvalue weighted by molar-refractivity contribution is 6.33. The number of ether oxygens (including phenoxy) is 2. The Labute approximate surface area is 280 Å². The summed E-state index contributed by atoms with van der Waals surface area (Å²) >= 11 is 6.12. The first-order valence-corrected chi connectivity index (χ1v) is 16.1. The predicted octanol–water partition coefficient (Wildman–Crippen LogP) is 5.40. The second-order valence-electron chi connectivity index (χ2n) is 12.8. The van der Waals surface area contributed by atoms with Gasteiger partial charge < -0.3 is 29.2 Å². The lowest BCUT2D eigenvalue weighted by Crippen LogP contribution is -2.61. The van der Waals surface area contributed by atoms with E-state index in [1.807, 2.05) is 31.7 Å². The Morgan fingerprint density at radius 1 is 1.15 bits per heavy atom. The van der Waals surface area contributed by atoms with Crippen molar-refractivity contribution >= 4 is 46.3 Å². The summed E-state index contributed by atoms with van der Waals surface area (Å²) in [5, 5.41) is 6.89. The van der Waals surface area contributed by atoms with Gasteiger partial charge >= 0.3 is 12.3 Å². The lowest BCUT2D eigenvalue weighted by molar-refractivity contribution is -0.137. The number of halogens is 4. The second-order valence-corrected chi connectivity index (χ2v) is 13.2. The van der Waals surface area contributed by atoms with Gasteiger partial charge in [0.1, 0.15) is 17.8 Å². The van der Waals surface area contributed by atoms with Gasteiger partial charge in [-0.25, -0.2) is 4.79 Å². The third-order valence-corrected chi connectivity index (χ3v) is 8.77. The Kier molecular flexibility index (Phi) is 9.84. The van der Waals surface area contributed by atoms with E-state index < -0.39 is 34.9 Å². The molecule has 260 valence electrons. The molecule has 0 spiro atoms. The van der Waals surface area contributed by atoms with Gasteiger partial charge in [0.15, 0.2) is 5.82 Å². The Balaban J connectivity index is 1.56. The molecule has 1 fully saturated rings. The molecule has 2 aliphatic rings. The molecule has 1 N–H and O–H groups in total. The van der Waals surface area contributed by atoms with Gasteiger partial charge in [0.2, 0.25) is 11.7 Å². The number of hydrogen-bond acceptors (Lipinski definition) is 8. The number of anilines is 2. The average molecular weight is 694 g/mol. The highest BCUT2D eigenvalue weighted by Gasteiger charge is 2.38. The van der Waals surface area contributed by atoms with E-state index >= 15 is 0 Å². The molecule has 2 amide bonds. The van der Waals surface area contributed by atoms with E-state index in [4.69, 9.17) is 21.1 Å². The van der Waals surface area contributed by atoms with Crippen LogP contribution in [0.4, 0.5) is 29.3 Å². The lowest BCUT2D eigenvalue weighted by Gasteiger charge is -2.46. The summed E-state index contributed by atoms with van der Waals surface area (Å²) in [6.45, 7) is 12.1. The second kappa shape index (κ2) is 13.4. The van der Waals surface area contributed by atoms with Crippen molar-refractivity contribution in [2.75, 3.05) is 36.5 Å². The number of nitrogens with zero attached hydrogens (tertiary/aromatic N) is 6. The van der Waals surface area contributed by atoms with Gasteiger partial charge in [-0.3, -0.25) is 9.59 Å². The number of benzene rings is 1. The number of amides is 2. The van der Waals surface area contributed by atoms with Crippen LogP contribution < -0.4 is 15.8 Å². The zero-order chi connectivity index (χ0) is 35.1. The van der Waals surface area contributed by atoms with Crippen molar-refractivity contribution in [2.24, 2.45) is 0 Å². The molecule has 0 saturated carbocycles. The SMILES string of the molecule is CCc1c(N2CCN(C(=O)OC(C)(C)C)[C@@H](C)[C@@H]2C)c(=O)n2nc(C3=CCOCC3)nc2n1CC(=O)Nc1ccc(C(F)(F)F)cc1Cl. The van der Waals surface area contributed by atoms with Crippen LogP contribution in [-0.4, -0.2) is 80.1 Å². The van der Waals surface area contributed by atoms with Crippen LogP contribution in [0.2, 0.25) is 5.02 Å². The minimum atomic E-state index is -4.60. The van der Waals surface area contributed by atoms with Crippen molar-refractivity contribution in [3.05, 3.63) is 56.7 Å². The summed E-state index contributed by atoms with van der Waals surface area (Å²) in [5.41, 5.74) is -0.442. The van der Waals surface area contributed by atoms with Crippen molar-refractivity contribution in [1.82, 2.24) is 24.1 Å². The van der Waals surface area contributed by atoms with E-state index in [0.29, 0.717) is 49.8 Å². The molecule has 2 atom stereocenters. The fourth-order valence-electron chi connectivity index (χ4n) is 5.93. The van der Waals surface area contributed by atoms with Gasteiger partial charge in [0, 0.05) is 19.1 Å². The molecular weight excluding hydrogens is 655 g/mol. The molecule has 0 aliphatic carbocycles. The maximum Gasteiger partial charge on any atom is 0.416 e. The summed E-state index contributed by atoms with van der Waals surface area (Å²) in [6, 6.07) is 1.99. The van der Waals surface area contributed by atoms with E-state index in [1.54, 1.807) is 30.2 Å². The first-order valence-electron chi connectivity index (χ1n) is 15.7. The van der Waals surface area contributed by atoms with E-state index in [0.717, 1.165) is 23.8 Å². The van der Waals surface area contributed by atoms with E-state index in [2.05, 4.69) is 15.4 Å². The van der Waals surface area contributed by atoms with Crippen LogP contribution in [0, 0.1) is 0 Å². The lowest BCUT2D eigenvalue weighted by atomic mass is 10.0. The van der Waals surface area contributed by atoms with Crippen molar-refractivity contribution in [3.63, 3.8) is 0 Å². The van der Waals surface area contributed by atoms with Gasteiger partial charge in [-0.05, 0) is 71.2 Å². The number of nitrogens with one attached hydrogen (secondary N) is 1. The third-order valence-electron chi connectivity index (χ3n) is 8.46. The maximum absolute atomic E-state index is 14.3. The highest BCUT2D eigenvalue weighted by Crippen LogP contribution is 2.34. The largest absolute Gasteiger partial charge is 0.444 e. The highest BCUT2D eigenvalue weighted by atomic mass is 35.5. The van der Waals surface area contributed by atoms with E-state index in [-0.39, 0.29) is 41.7 Å². The van der Waals surface area contributed by atoms with Crippen molar-refractivity contribution < 1.29 is 32.2 Å². The fraction of sp³-hybridized carbons (Fsp3) is 0.531. The molecule has 48 heavy (non-hydrogen) atoms. The van der Waals surface area contributed by atoms with Gasteiger partial charge in [-0.1, -0.05) is 24.6 Å². The molecule has 4 heterocycles. The van der Waals surface area contributed by atoms with E-state index in [1.165, 1.54) is 4.52 Å². The van der Waals surface area contributed by atoms with Crippen molar-refractivity contribution in [3.8, 4) is 0 Å². The van der Waals surface area contributed by atoms with Crippen LogP contribution in [0.3, 0.4) is 0 Å². The molecule has 1 aromatic carbocycles. The Hall–Kier alpha value is -4.11. The smallest absolute Gasteiger partial charge is 0.416 e. The molecule has 2 aliphatic heterocycles. The zero-order valence-electron chi connectivity index (χ0n) is 27.7. The zero-order valence-corrected chi connectivity index (χ0v) is 28.4. The topological polar surface area (TPSA) is 123 Å². The number of carbonyl (C=O) groups excluding carboxylic acids is 2. The van der Waals surface area contributed by atoms with Crippen molar-refractivity contribution in [1.29, 1.82) is 0 Å². The quantitative estimate of drug-likeness (QED) is 0.364. The summed E-state index contributed by atoms with van der Waals surface area (Å²) in [7, 11) is 0. The minimum absolute atomic E-state index is 0.000216. The number of piperazine rings is 1. The Bertz CT molecular complexity index is 1810. The molecule has 12 nitrogen and oxygen atoms in total. The molecule has 1 saturated heterocycles. The fourth-order valence-corrected chi connectivity index (χ4v) is 6.16. The Morgan fingerprint density at radius 2 is 1.88 bits per heavy atom. The van der Waals surface area contributed by atoms with Crippen LogP contribution in [0.5, 0.6) is 0 Å². The molecule has 16 heteroatoms. The third kappa shape index (κ3) is 7.16. The summed E-state index contributed by atoms with van der Waals surface area (Å²) < 4.78 is 53.4. The average Bonchev–Trinajstić information content (AvgIpc) is 3.46. The van der Waals surface area contributed by atoms with Crippen LogP contribution in [0.25, 0.3) is 11.4 Å². The van der Waals surface area contributed by atoms with Gasteiger partial charge in [-0.15, -0.1) is 5.10 Å². The molecule has 3 aromatic rings. The van der Waals surface area contributed by atoms with Crippen LogP contribution in [0.1, 0.15) is 65.0 Å². The number of hydrogen-bond donors (Lipinski definition) is 1. The molecular formula is C32H39ClF3N7O5. The van der Waals surface area contributed by atoms with Gasteiger partial charge in [0.25, 0.3) is 5.56 Å². The van der Waals surface area contributed by atoms with Crippen LogP contribution >= 0.6 is 11.6 Å².